The van der Waals surface area contributed by atoms with E-state index < -0.39 is 0 Å². The van der Waals surface area contributed by atoms with E-state index in [9.17, 15) is 4.79 Å². The highest BCUT2D eigenvalue weighted by molar-refractivity contribution is 14.1. The Bertz CT molecular complexity index is 1690. The van der Waals surface area contributed by atoms with E-state index >= 15 is 0 Å². The lowest BCUT2D eigenvalue weighted by molar-refractivity contribution is 0.597. The maximum Gasteiger partial charge on any atom is 0.278 e. The van der Waals surface area contributed by atoms with Gasteiger partial charge < -0.3 is 10.6 Å². The van der Waals surface area contributed by atoms with Gasteiger partial charge >= 0.3 is 0 Å². The minimum absolute atomic E-state index is 0.199. The molecule has 0 radical (unpaired) electrons. The second-order valence-corrected chi connectivity index (χ2v) is 10.3. The molecule has 4 aromatic heterocycles. The zero-order chi connectivity index (χ0) is 25.5. The lowest BCUT2D eigenvalue weighted by atomic mass is 10.2. The molecule has 0 spiro atoms. The lowest BCUT2D eigenvalue weighted by Gasteiger charge is -2.15. The van der Waals surface area contributed by atoms with Crippen molar-refractivity contribution < 1.29 is 0 Å². The normalized spacial score (nSPS) is 16.0. The third kappa shape index (κ3) is 4.46. The van der Waals surface area contributed by atoms with Gasteiger partial charge in [0, 0.05) is 66.3 Å². The molecule has 1 aliphatic heterocycles. The Labute approximate surface area is 226 Å². The minimum atomic E-state index is -0.199. The third-order valence-electron chi connectivity index (χ3n) is 6.42. The number of hydrogen-bond acceptors (Lipinski definition) is 8. The molecule has 1 fully saturated rings. The highest BCUT2D eigenvalue weighted by Gasteiger charge is 2.22. The van der Waals surface area contributed by atoms with Gasteiger partial charge in [-0.05, 0) is 36.8 Å². The Morgan fingerprint density at radius 2 is 2.11 bits per heavy atom. The zero-order valence-electron chi connectivity index (χ0n) is 20.2. The number of fused-ring (bicyclic) bond motifs is 2. The number of pyridine rings is 1. The first-order valence-corrected chi connectivity index (χ1v) is 12.9. The fourth-order valence-corrected chi connectivity index (χ4v) is 5.40. The van der Waals surface area contributed by atoms with Crippen molar-refractivity contribution in [1.29, 1.82) is 0 Å². The molecule has 0 saturated carbocycles. The molecule has 1 saturated heterocycles. The summed E-state index contributed by atoms with van der Waals surface area (Å²) in [6.45, 7) is 6.13. The van der Waals surface area contributed by atoms with Gasteiger partial charge in [0.25, 0.3) is 5.56 Å². The molecule has 1 atom stereocenters. The molecule has 0 aliphatic carbocycles. The SMILES string of the molecule is C=CCn1c(=O)c2cnc(Nc3ccc4c(cnn4C)c3)nc2n1-c1cccc(NC2CCN(I)C2)n1. The van der Waals surface area contributed by atoms with Crippen LogP contribution in [0.3, 0.4) is 0 Å². The lowest BCUT2D eigenvalue weighted by Crippen LogP contribution is -2.24. The number of aryl methyl sites for hydroxylation is 1. The zero-order valence-corrected chi connectivity index (χ0v) is 22.3. The van der Waals surface area contributed by atoms with Crippen molar-refractivity contribution in [2.24, 2.45) is 7.05 Å². The molecule has 1 aromatic carbocycles. The van der Waals surface area contributed by atoms with E-state index in [1.807, 2.05) is 54.3 Å². The van der Waals surface area contributed by atoms with E-state index in [-0.39, 0.29) is 5.56 Å². The summed E-state index contributed by atoms with van der Waals surface area (Å²) in [6, 6.07) is 12.0. The van der Waals surface area contributed by atoms with Crippen molar-refractivity contribution in [2.75, 3.05) is 23.7 Å². The van der Waals surface area contributed by atoms with Crippen molar-refractivity contribution in [3.8, 4) is 5.82 Å². The molecule has 1 aliphatic rings. The second-order valence-electron chi connectivity index (χ2n) is 8.97. The Morgan fingerprint density at radius 1 is 1.22 bits per heavy atom. The molecule has 0 bridgehead atoms. The highest BCUT2D eigenvalue weighted by atomic mass is 127. The van der Waals surface area contributed by atoms with Crippen LogP contribution in [-0.2, 0) is 13.6 Å². The van der Waals surface area contributed by atoms with Crippen LogP contribution in [0, 0.1) is 0 Å². The Kier molecular flexibility index (Phi) is 6.12. The van der Waals surface area contributed by atoms with E-state index in [1.165, 1.54) is 0 Å². The van der Waals surface area contributed by atoms with Gasteiger partial charge in [0.15, 0.2) is 11.5 Å². The number of hydrogen-bond donors (Lipinski definition) is 2. The van der Waals surface area contributed by atoms with Crippen LogP contribution in [0.2, 0.25) is 0 Å². The van der Waals surface area contributed by atoms with Gasteiger partial charge in [0.1, 0.15) is 11.2 Å². The van der Waals surface area contributed by atoms with Crippen molar-refractivity contribution in [3.63, 3.8) is 0 Å². The third-order valence-corrected chi connectivity index (χ3v) is 7.30. The predicted molar refractivity (Wildman–Crippen MR) is 153 cm³/mol. The fraction of sp³-hybridized carbons (Fsp3) is 0.240. The first-order valence-electron chi connectivity index (χ1n) is 11.9. The van der Waals surface area contributed by atoms with Crippen molar-refractivity contribution in [3.05, 3.63) is 71.8 Å². The molecule has 0 amide bonds. The van der Waals surface area contributed by atoms with Gasteiger partial charge in [-0.15, -0.1) is 6.58 Å². The van der Waals surface area contributed by atoms with Crippen LogP contribution >= 0.6 is 22.9 Å². The summed E-state index contributed by atoms with van der Waals surface area (Å²) < 4.78 is 7.40. The maximum atomic E-state index is 13.3. The van der Waals surface area contributed by atoms with E-state index in [1.54, 1.807) is 21.6 Å². The average Bonchev–Trinajstić information content (AvgIpc) is 3.55. The molecule has 2 N–H and O–H groups in total. The molecular weight excluding hydrogens is 583 g/mol. The number of halogens is 1. The summed E-state index contributed by atoms with van der Waals surface area (Å²) in [5.74, 6) is 1.72. The average molecular weight is 608 g/mol. The van der Waals surface area contributed by atoms with Crippen LogP contribution in [0.1, 0.15) is 6.42 Å². The molecule has 5 heterocycles. The molecule has 188 valence electrons. The Morgan fingerprint density at radius 3 is 2.92 bits per heavy atom. The van der Waals surface area contributed by atoms with Gasteiger partial charge in [-0.3, -0.25) is 9.48 Å². The maximum absolute atomic E-state index is 13.3. The van der Waals surface area contributed by atoms with E-state index in [0.717, 1.165) is 41.9 Å². The summed E-state index contributed by atoms with van der Waals surface area (Å²) in [4.78, 5) is 27.3. The standard InChI is InChI=1S/C25H25IN10O/c1-3-10-35-24(37)19-14-27-25(30-17-7-8-20-16(12-17)13-28-33(20)2)32-23(19)36(35)22-6-4-5-21(31-22)29-18-9-11-34(26)15-18/h3-8,12-14,18H,1,9-11,15H2,2H3,(H,29,31)(H,27,30,32). The first kappa shape index (κ1) is 23.6. The van der Waals surface area contributed by atoms with Crippen molar-refractivity contribution in [2.45, 2.75) is 19.0 Å². The molecule has 6 rings (SSSR count). The number of allylic oxidation sites excluding steroid dienone is 1. The summed E-state index contributed by atoms with van der Waals surface area (Å²) in [5.41, 5.74) is 2.12. The van der Waals surface area contributed by atoms with Crippen molar-refractivity contribution in [1.82, 2.24) is 37.2 Å². The monoisotopic (exact) mass is 608 g/mol. The Balaban J connectivity index is 1.40. The smallest absolute Gasteiger partial charge is 0.278 e. The largest absolute Gasteiger partial charge is 0.366 e. The number of anilines is 3. The van der Waals surface area contributed by atoms with Crippen molar-refractivity contribution >= 4 is 62.3 Å². The van der Waals surface area contributed by atoms with E-state index in [0.29, 0.717) is 35.4 Å². The minimum Gasteiger partial charge on any atom is -0.366 e. The van der Waals surface area contributed by atoms with Crippen LogP contribution < -0.4 is 16.2 Å². The number of nitrogens with zero attached hydrogens (tertiary/aromatic N) is 8. The van der Waals surface area contributed by atoms with Crippen LogP contribution in [0.4, 0.5) is 17.5 Å². The first-order chi connectivity index (χ1) is 18.0. The second kappa shape index (κ2) is 9.59. The summed E-state index contributed by atoms with van der Waals surface area (Å²) in [6.07, 6.45) is 6.10. The molecule has 11 nitrogen and oxygen atoms in total. The van der Waals surface area contributed by atoms with E-state index in [2.05, 4.69) is 53.3 Å². The summed E-state index contributed by atoms with van der Waals surface area (Å²) >= 11 is 2.34. The van der Waals surface area contributed by atoms with E-state index in [4.69, 9.17) is 9.97 Å². The highest BCUT2D eigenvalue weighted by Crippen LogP contribution is 2.23. The predicted octanol–water partition coefficient (Wildman–Crippen LogP) is 3.63. The molecular formula is C25H25IN10O. The van der Waals surface area contributed by atoms with Gasteiger partial charge in [-0.2, -0.15) is 10.1 Å². The molecule has 1 unspecified atom stereocenters. The number of nitrogens with one attached hydrogen (secondary N) is 2. The fourth-order valence-electron chi connectivity index (χ4n) is 4.65. The molecule has 37 heavy (non-hydrogen) atoms. The quantitative estimate of drug-likeness (QED) is 0.164. The Hall–Kier alpha value is -3.78. The van der Waals surface area contributed by atoms with Gasteiger partial charge in [-0.1, -0.05) is 12.1 Å². The number of benzene rings is 1. The van der Waals surface area contributed by atoms with Gasteiger partial charge in [0.05, 0.1) is 18.3 Å². The molecule has 12 heteroatoms. The van der Waals surface area contributed by atoms with Crippen LogP contribution in [0.25, 0.3) is 27.8 Å². The summed E-state index contributed by atoms with van der Waals surface area (Å²) in [5, 5.41) is 12.5. The van der Waals surface area contributed by atoms with Gasteiger partial charge in [-0.25, -0.2) is 22.4 Å². The van der Waals surface area contributed by atoms with Gasteiger partial charge in [0.2, 0.25) is 5.95 Å². The van der Waals surface area contributed by atoms with Crippen LogP contribution in [0.15, 0.2) is 66.2 Å². The van der Waals surface area contributed by atoms with Crippen LogP contribution in [0.5, 0.6) is 0 Å². The topological polar surface area (TPSA) is 111 Å². The number of rotatable bonds is 7. The van der Waals surface area contributed by atoms with Crippen LogP contribution in [-0.4, -0.2) is 56.3 Å². The summed E-state index contributed by atoms with van der Waals surface area (Å²) in [7, 11) is 1.91. The molecule has 5 aromatic rings. The number of aromatic nitrogens is 7.